The molecule has 0 aromatic carbocycles. The van der Waals surface area contributed by atoms with Gasteiger partial charge in [-0.2, -0.15) is 15.5 Å². The number of anilines is 1. The topological polar surface area (TPSA) is 87.9 Å². The molecule has 1 aliphatic carbocycles. The third-order valence-corrected chi connectivity index (χ3v) is 7.00. The van der Waals surface area contributed by atoms with E-state index >= 15 is 0 Å². The normalized spacial score (nSPS) is 22.4. The van der Waals surface area contributed by atoms with Crippen molar-refractivity contribution in [1.82, 2.24) is 29.4 Å². The van der Waals surface area contributed by atoms with Gasteiger partial charge in [-0.25, -0.2) is 9.50 Å². The molecule has 32 heavy (non-hydrogen) atoms. The van der Waals surface area contributed by atoms with Crippen LogP contribution in [0.15, 0.2) is 43.2 Å². The van der Waals surface area contributed by atoms with Crippen molar-refractivity contribution in [2.75, 3.05) is 18.0 Å². The Bertz CT molecular complexity index is 1330. The number of nitriles is 1. The maximum Gasteiger partial charge on any atom is 0.147 e. The summed E-state index contributed by atoms with van der Waals surface area (Å²) in [5.74, 6) is 3.35. The van der Waals surface area contributed by atoms with Gasteiger partial charge in [-0.15, -0.1) is 0 Å². The number of hydrogen-bond acceptors (Lipinski definition) is 6. The highest BCUT2D eigenvalue weighted by Gasteiger charge is 2.39. The quantitative estimate of drug-likeness (QED) is 0.500. The van der Waals surface area contributed by atoms with Crippen LogP contribution in [0.25, 0.3) is 27.9 Å². The number of rotatable bonds is 3. The van der Waals surface area contributed by atoms with Gasteiger partial charge in [-0.05, 0) is 36.7 Å². The molecule has 0 spiro atoms. The Kier molecular flexibility index (Phi) is 4.25. The summed E-state index contributed by atoms with van der Waals surface area (Å²) in [6, 6.07) is 4.29. The van der Waals surface area contributed by atoms with E-state index in [0.717, 1.165) is 64.6 Å². The molecule has 1 saturated heterocycles. The molecule has 1 aliphatic heterocycles. The minimum Gasteiger partial charge on any atom is -0.355 e. The van der Waals surface area contributed by atoms with E-state index in [1.807, 2.05) is 44.1 Å². The zero-order valence-corrected chi connectivity index (χ0v) is 18.2. The molecule has 1 unspecified atom stereocenters. The Morgan fingerprint density at radius 3 is 2.44 bits per heavy atom. The summed E-state index contributed by atoms with van der Waals surface area (Å²) in [4.78, 5) is 11.9. The van der Waals surface area contributed by atoms with Gasteiger partial charge >= 0.3 is 0 Å². The molecule has 5 heterocycles. The number of hydrogen-bond donors (Lipinski definition) is 0. The Labute approximate surface area is 186 Å². The molecule has 1 saturated carbocycles. The second kappa shape index (κ2) is 7.16. The van der Waals surface area contributed by atoms with Gasteiger partial charge in [0.2, 0.25) is 0 Å². The molecule has 4 aromatic rings. The molecule has 0 bridgehead atoms. The van der Waals surface area contributed by atoms with E-state index < -0.39 is 0 Å². The molecule has 160 valence electrons. The van der Waals surface area contributed by atoms with Gasteiger partial charge < -0.3 is 4.90 Å². The van der Waals surface area contributed by atoms with E-state index in [2.05, 4.69) is 28.1 Å². The number of aromatic nitrogens is 6. The van der Waals surface area contributed by atoms with Crippen LogP contribution in [-0.2, 0) is 7.05 Å². The van der Waals surface area contributed by atoms with Crippen molar-refractivity contribution >= 4 is 11.3 Å². The smallest absolute Gasteiger partial charge is 0.147 e. The molecule has 0 radical (unpaired) electrons. The highest BCUT2D eigenvalue weighted by Crippen LogP contribution is 2.42. The predicted octanol–water partition coefficient (Wildman–Crippen LogP) is 3.55. The summed E-state index contributed by atoms with van der Waals surface area (Å²) in [6.45, 7) is 4.51. The molecule has 2 fully saturated rings. The first-order chi connectivity index (χ1) is 15.6. The minimum atomic E-state index is 0.519. The van der Waals surface area contributed by atoms with Gasteiger partial charge in [-0.1, -0.05) is 6.92 Å². The largest absolute Gasteiger partial charge is 0.355 e. The minimum absolute atomic E-state index is 0.519. The van der Waals surface area contributed by atoms with Crippen LogP contribution in [-0.4, -0.2) is 42.5 Å². The highest BCUT2D eigenvalue weighted by atomic mass is 15.2. The zero-order chi connectivity index (χ0) is 21.8. The van der Waals surface area contributed by atoms with Crippen LogP contribution in [0.4, 0.5) is 5.82 Å². The summed E-state index contributed by atoms with van der Waals surface area (Å²) in [6.07, 6.45) is 13.6. The van der Waals surface area contributed by atoms with Gasteiger partial charge in [0.1, 0.15) is 11.9 Å². The summed E-state index contributed by atoms with van der Waals surface area (Å²) >= 11 is 0. The van der Waals surface area contributed by atoms with Crippen LogP contribution in [0.1, 0.15) is 25.3 Å². The van der Waals surface area contributed by atoms with E-state index in [9.17, 15) is 5.26 Å². The zero-order valence-electron chi connectivity index (χ0n) is 18.2. The average Bonchev–Trinajstić information content (AvgIpc) is 3.56. The van der Waals surface area contributed by atoms with Crippen molar-refractivity contribution in [3.05, 3.63) is 48.8 Å². The first kappa shape index (κ1) is 19.0. The van der Waals surface area contributed by atoms with Crippen molar-refractivity contribution in [1.29, 1.82) is 5.26 Å². The van der Waals surface area contributed by atoms with Crippen molar-refractivity contribution in [3.63, 3.8) is 0 Å². The van der Waals surface area contributed by atoms with Crippen LogP contribution in [0.2, 0.25) is 0 Å². The van der Waals surface area contributed by atoms with Crippen molar-refractivity contribution in [2.45, 2.75) is 19.8 Å². The van der Waals surface area contributed by atoms with Crippen molar-refractivity contribution < 1.29 is 0 Å². The van der Waals surface area contributed by atoms with Gasteiger partial charge in [0.15, 0.2) is 0 Å². The fraction of sp³-hybridized carbons (Fsp3) is 0.375. The third kappa shape index (κ3) is 3.04. The predicted molar refractivity (Wildman–Crippen MR) is 121 cm³/mol. The van der Waals surface area contributed by atoms with E-state index in [4.69, 9.17) is 9.97 Å². The number of fused-ring (bicyclic) bond motifs is 2. The van der Waals surface area contributed by atoms with Crippen LogP contribution >= 0.6 is 0 Å². The highest BCUT2D eigenvalue weighted by molar-refractivity contribution is 5.86. The first-order valence-corrected chi connectivity index (χ1v) is 11.1. The molecule has 0 N–H and O–H groups in total. The Morgan fingerprint density at radius 2 is 1.78 bits per heavy atom. The number of aryl methyl sites for hydroxylation is 1. The Hall–Kier alpha value is -3.73. The van der Waals surface area contributed by atoms with Gasteiger partial charge in [-0.3, -0.25) is 9.67 Å². The molecular weight excluding hydrogens is 400 g/mol. The Morgan fingerprint density at radius 1 is 0.969 bits per heavy atom. The lowest BCUT2D eigenvalue weighted by Crippen LogP contribution is -2.22. The Balaban J connectivity index is 1.38. The lowest BCUT2D eigenvalue weighted by atomic mass is 10.0. The maximum absolute atomic E-state index is 9.61. The number of nitrogens with zero attached hydrogens (tertiary/aromatic N) is 8. The molecule has 0 amide bonds. The standard InChI is InChI=1S/C24H24N8/c1-15-3-16-12-31(13-17(16)4-15)23-10-26-22(9-27-23)21-5-18(20-8-28-30(2)11-20)14-32-24(21)19(6-25)7-29-32/h5,7-11,14-17H,3-4,12-13H2,1-2H3/t15?,16-,17+. The van der Waals surface area contributed by atoms with Crippen LogP contribution in [0.5, 0.6) is 0 Å². The van der Waals surface area contributed by atoms with E-state index in [0.29, 0.717) is 5.56 Å². The molecule has 6 rings (SSSR count). The van der Waals surface area contributed by atoms with Crippen LogP contribution in [0, 0.1) is 29.1 Å². The monoisotopic (exact) mass is 424 g/mol. The first-order valence-electron chi connectivity index (χ1n) is 11.1. The second-order valence-electron chi connectivity index (χ2n) is 9.27. The average molecular weight is 425 g/mol. The molecule has 8 nitrogen and oxygen atoms in total. The molecule has 2 aliphatic rings. The SMILES string of the molecule is CC1C[C@@H]2CN(c3cnc(-c4cc(-c5cnn(C)c5)cn5ncc(C#N)c45)cn3)C[C@@H]2C1. The fourth-order valence-corrected chi connectivity index (χ4v) is 5.54. The van der Waals surface area contributed by atoms with Crippen molar-refractivity contribution in [2.24, 2.45) is 24.8 Å². The summed E-state index contributed by atoms with van der Waals surface area (Å²) in [5, 5.41) is 18.3. The fourth-order valence-electron chi connectivity index (χ4n) is 5.54. The molecule has 8 heteroatoms. The molecule has 3 atom stereocenters. The number of pyridine rings is 1. The molecule has 4 aromatic heterocycles. The second-order valence-corrected chi connectivity index (χ2v) is 9.27. The van der Waals surface area contributed by atoms with Crippen LogP contribution < -0.4 is 4.90 Å². The molecular formula is C24H24N8. The van der Waals surface area contributed by atoms with E-state index in [1.54, 1.807) is 15.4 Å². The van der Waals surface area contributed by atoms with Gasteiger partial charge in [0, 0.05) is 49.2 Å². The summed E-state index contributed by atoms with van der Waals surface area (Å²) < 4.78 is 3.51. The van der Waals surface area contributed by atoms with E-state index in [1.165, 1.54) is 12.8 Å². The van der Waals surface area contributed by atoms with Gasteiger partial charge in [0.05, 0.1) is 41.6 Å². The summed E-state index contributed by atoms with van der Waals surface area (Å²) in [5.41, 5.74) is 4.77. The van der Waals surface area contributed by atoms with Crippen LogP contribution in [0.3, 0.4) is 0 Å². The summed E-state index contributed by atoms with van der Waals surface area (Å²) in [7, 11) is 1.89. The van der Waals surface area contributed by atoms with Crippen molar-refractivity contribution in [3.8, 4) is 28.5 Å². The lowest BCUT2D eigenvalue weighted by molar-refractivity contribution is 0.494. The maximum atomic E-state index is 9.61. The van der Waals surface area contributed by atoms with Gasteiger partial charge in [0.25, 0.3) is 0 Å². The van der Waals surface area contributed by atoms with E-state index in [-0.39, 0.29) is 0 Å². The lowest BCUT2D eigenvalue weighted by Gasteiger charge is -2.19. The third-order valence-electron chi connectivity index (χ3n) is 7.00.